The highest BCUT2D eigenvalue weighted by Crippen LogP contribution is 2.38. The third-order valence-electron chi connectivity index (χ3n) is 4.59. The molecule has 3 rings (SSSR count). The minimum Gasteiger partial charge on any atom is -0.507 e. The summed E-state index contributed by atoms with van der Waals surface area (Å²) in [6.07, 6.45) is -4.78. The van der Waals surface area contributed by atoms with Gasteiger partial charge in [-0.05, 0) is 36.2 Å². The second kappa shape index (κ2) is 10.3. The average molecular weight is 457 g/mol. The maximum absolute atomic E-state index is 14.6. The fourth-order valence-corrected chi connectivity index (χ4v) is 3.30. The Bertz CT molecular complexity index is 798. The van der Waals surface area contributed by atoms with Crippen molar-refractivity contribution in [2.24, 2.45) is 0 Å². The lowest BCUT2D eigenvalue weighted by molar-refractivity contribution is -0.274. The lowest BCUT2D eigenvalue weighted by Crippen LogP contribution is -2.45. The molecule has 1 aliphatic rings. The summed E-state index contributed by atoms with van der Waals surface area (Å²) in [6, 6.07) is 7.49. The monoisotopic (exact) mass is 456 g/mol. The Balaban J connectivity index is 0.00000210. The van der Waals surface area contributed by atoms with Gasteiger partial charge < -0.3 is 15.2 Å². The Labute approximate surface area is 178 Å². The fourth-order valence-electron chi connectivity index (χ4n) is 3.30. The first-order valence-electron chi connectivity index (χ1n) is 8.54. The molecule has 0 spiro atoms. The van der Waals surface area contributed by atoms with Gasteiger partial charge in [0.1, 0.15) is 17.3 Å². The van der Waals surface area contributed by atoms with E-state index in [0.29, 0.717) is 37.3 Å². The van der Waals surface area contributed by atoms with Crippen molar-refractivity contribution in [3.63, 3.8) is 0 Å². The summed E-state index contributed by atoms with van der Waals surface area (Å²) >= 11 is 0. The van der Waals surface area contributed by atoms with Gasteiger partial charge in [-0.15, -0.1) is 38.0 Å². The number of benzene rings is 2. The van der Waals surface area contributed by atoms with Gasteiger partial charge in [-0.3, -0.25) is 4.90 Å². The average Bonchev–Trinajstić information content (AvgIpc) is 2.62. The molecule has 0 bridgehead atoms. The van der Waals surface area contributed by atoms with E-state index in [4.69, 9.17) is 0 Å². The minimum atomic E-state index is -4.78. The van der Waals surface area contributed by atoms with Crippen molar-refractivity contribution in [2.75, 3.05) is 26.2 Å². The molecule has 0 unspecified atom stereocenters. The smallest absolute Gasteiger partial charge is 0.507 e. The van der Waals surface area contributed by atoms with Crippen LogP contribution in [0.25, 0.3) is 0 Å². The van der Waals surface area contributed by atoms with E-state index in [1.54, 1.807) is 6.92 Å². The molecule has 2 N–H and O–H groups in total. The molecule has 1 atom stereocenters. The van der Waals surface area contributed by atoms with Crippen molar-refractivity contribution in [1.29, 1.82) is 0 Å². The van der Waals surface area contributed by atoms with Gasteiger partial charge in [0.25, 0.3) is 0 Å². The van der Waals surface area contributed by atoms with E-state index in [1.807, 2.05) is 4.90 Å². The fraction of sp³-hybridized carbons (Fsp3) is 0.368. The van der Waals surface area contributed by atoms with E-state index in [-0.39, 0.29) is 41.9 Å². The standard InChI is InChI=1S/C19H20F4N2O2.2ClH/c1-12-2-7-15(20)16(18(12)26)17(25-10-8-24-9-11-25)13-3-5-14(6-4-13)27-19(21,22)23;;/h2-7,17,24,26H,8-11H2,1H3;2*1H/t17-;;/m0../s1. The van der Waals surface area contributed by atoms with Gasteiger partial charge in [0.05, 0.1) is 11.6 Å². The zero-order valence-corrected chi connectivity index (χ0v) is 17.1. The number of hydrogen-bond donors (Lipinski definition) is 2. The van der Waals surface area contributed by atoms with Crippen LogP contribution in [0.15, 0.2) is 36.4 Å². The van der Waals surface area contributed by atoms with Crippen molar-refractivity contribution < 1.29 is 27.4 Å². The van der Waals surface area contributed by atoms with Crippen LogP contribution < -0.4 is 10.1 Å². The van der Waals surface area contributed by atoms with Crippen molar-refractivity contribution >= 4 is 24.8 Å². The maximum Gasteiger partial charge on any atom is 0.573 e. The molecule has 0 aromatic heterocycles. The van der Waals surface area contributed by atoms with Crippen LogP contribution >= 0.6 is 24.8 Å². The quantitative estimate of drug-likeness (QED) is 0.661. The van der Waals surface area contributed by atoms with Crippen LogP contribution in [0.4, 0.5) is 17.6 Å². The highest BCUT2D eigenvalue weighted by atomic mass is 35.5. The molecule has 0 aliphatic carbocycles. The van der Waals surface area contributed by atoms with Crippen molar-refractivity contribution in [2.45, 2.75) is 19.3 Å². The number of alkyl halides is 3. The Kier molecular flexibility index (Phi) is 9.02. The molecular formula is C19H22Cl2F4N2O2. The van der Waals surface area contributed by atoms with Crippen LogP contribution in [0, 0.1) is 12.7 Å². The summed E-state index contributed by atoms with van der Waals surface area (Å²) in [7, 11) is 0. The summed E-state index contributed by atoms with van der Waals surface area (Å²) in [6.45, 7) is 4.28. The second-order valence-electron chi connectivity index (χ2n) is 6.43. The number of ether oxygens (including phenoxy) is 1. The zero-order valence-electron chi connectivity index (χ0n) is 15.5. The SMILES string of the molecule is Cc1ccc(F)c([C@H](c2ccc(OC(F)(F)F)cc2)N2CCNCC2)c1O.Cl.Cl. The third kappa shape index (κ3) is 6.12. The molecule has 2 aromatic carbocycles. The molecule has 1 saturated heterocycles. The summed E-state index contributed by atoms with van der Waals surface area (Å²) in [5, 5.41) is 13.7. The number of hydrogen-bond acceptors (Lipinski definition) is 4. The number of phenols is 1. The van der Waals surface area contributed by atoms with Crippen LogP contribution in [0.1, 0.15) is 22.7 Å². The molecular weight excluding hydrogens is 435 g/mol. The van der Waals surface area contributed by atoms with Crippen molar-refractivity contribution in [3.8, 4) is 11.5 Å². The third-order valence-corrected chi connectivity index (χ3v) is 4.59. The van der Waals surface area contributed by atoms with Crippen LogP contribution in [-0.2, 0) is 0 Å². The molecule has 2 aromatic rings. The van der Waals surface area contributed by atoms with Crippen molar-refractivity contribution in [1.82, 2.24) is 10.2 Å². The number of piperazine rings is 1. The van der Waals surface area contributed by atoms with E-state index >= 15 is 0 Å². The molecule has 162 valence electrons. The van der Waals surface area contributed by atoms with E-state index in [2.05, 4.69) is 10.1 Å². The first-order valence-corrected chi connectivity index (χ1v) is 8.54. The van der Waals surface area contributed by atoms with Gasteiger partial charge in [-0.2, -0.15) is 0 Å². The minimum absolute atomic E-state index is 0. The van der Waals surface area contributed by atoms with Gasteiger partial charge in [0.2, 0.25) is 0 Å². The van der Waals surface area contributed by atoms with Gasteiger partial charge >= 0.3 is 6.36 Å². The number of rotatable bonds is 4. The normalized spacial score (nSPS) is 15.8. The lowest BCUT2D eigenvalue weighted by Gasteiger charge is -2.36. The topological polar surface area (TPSA) is 44.7 Å². The van der Waals surface area contributed by atoms with Crippen LogP contribution in [0.5, 0.6) is 11.5 Å². The zero-order chi connectivity index (χ0) is 19.6. The number of nitrogens with one attached hydrogen (secondary N) is 1. The highest BCUT2D eigenvalue weighted by Gasteiger charge is 2.32. The van der Waals surface area contributed by atoms with E-state index in [9.17, 15) is 22.7 Å². The summed E-state index contributed by atoms with van der Waals surface area (Å²) in [5.74, 6) is -1.05. The largest absolute Gasteiger partial charge is 0.573 e. The predicted octanol–water partition coefficient (Wildman–Crippen LogP) is 4.58. The molecule has 4 nitrogen and oxygen atoms in total. The first-order chi connectivity index (χ1) is 12.8. The molecule has 0 saturated carbocycles. The van der Waals surface area contributed by atoms with E-state index < -0.39 is 18.2 Å². The number of nitrogens with zero attached hydrogens (tertiary/aromatic N) is 1. The molecule has 10 heteroatoms. The molecule has 29 heavy (non-hydrogen) atoms. The van der Waals surface area contributed by atoms with E-state index in [0.717, 1.165) is 0 Å². The van der Waals surface area contributed by atoms with Gasteiger partial charge in [0, 0.05) is 26.2 Å². The highest BCUT2D eigenvalue weighted by molar-refractivity contribution is 5.85. The molecule has 1 fully saturated rings. The lowest BCUT2D eigenvalue weighted by atomic mass is 9.93. The van der Waals surface area contributed by atoms with Crippen LogP contribution in [0.2, 0.25) is 0 Å². The summed E-state index contributed by atoms with van der Waals surface area (Å²) in [5.41, 5.74) is 1.23. The van der Waals surface area contributed by atoms with Crippen molar-refractivity contribution in [3.05, 3.63) is 58.9 Å². The number of aromatic hydroxyl groups is 1. The van der Waals surface area contributed by atoms with E-state index in [1.165, 1.54) is 36.4 Å². The Hall–Kier alpha value is -1.74. The second-order valence-corrected chi connectivity index (χ2v) is 6.43. The number of phenolic OH excluding ortho intramolecular Hbond substituents is 1. The summed E-state index contributed by atoms with van der Waals surface area (Å²) < 4.78 is 55.7. The van der Waals surface area contributed by atoms with Crippen LogP contribution in [0.3, 0.4) is 0 Å². The predicted molar refractivity (Wildman–Crippen MR) is 107 cm³/mol. The molecule has 1 aliphatic heterocycles. The number of aryl methyl sites for hydroxylation is 1. The summed E-state index contributed by atoms with van der Waals surface area (Å²) in [4.78, 5) is 1.99. The number of halogens is 6. The molecule has 1 heterocycles. The Morgan fingerprint density at radius 1 is 1.03 bits per heavy atom. The van der Waals surface area contributed by atoms with Gasteiger partial charge in [-0.25, -0.2) is 4.39 Å². The maximum atomic E-state index is 14.6. The van der Waals surface area contributed by atoms with Crippen LogP contribution in [-0.4, -0.2) is 42.5 Å². The Morgan fingerprint density at radius 2 is 1.62 bits per heavy atom. The Morgan fingerprint density at radius 3 is 2.17 bits per heavy atom. The van der Waals surface area contributed by atoms with Gasteiger partial charge in [0.15, 0.2) is 0 Å². The van der Waals surface area contributed by atoms with Gasteiger partial charge in [-0.1, -0.05) is 18.2 Å². The molecule has 0 amide bonds. The first kappa shape index (κ1) is 25.3. The molecule has 0 radical (unpaired) electrons.